The molecule has 0 aliphatic heterocycles. The van der Waals surface area contributed by atoms with E-state index in [4.69, 9.17) is 27.9 Å². The molecule has 0 amide bonds. The summed E-state index contributed by atoms with van der Waals surface area (Å²) in [6.07, 6.45) is 1.57. The van der Waals surface area contributed by atoms with Gasteiger partial charge in [0.1, 0.15) is 6.61 Å². The molecule has 4 aromatic carbocycles. The second-order valence-electron chi connectivity index (χ2n) is 7.22. The van der Waals surface area contributed by atoms with Gasteiger partial charge in [0.25, 0.3) is 5.69 Å². The molecule has 162 valence electrons. The molecule has 0 fully saturated rings. The van der Waals surface area contributed by atoms with Gasteiger partial charge in [-0.05, 0) is 45.7 Å². The first-order valence-electron chi connectivity index (χ1n) is 9.91. The van der Waals surface area contributed by atoms with Gasteiger partial charge in [-0.2, -0.15) is 5.26 Å². The first-order valence-corrected chi connectivity index (χ1v) is 10.7. The van der Waals surface area contributed by atoms with E-state index in [0.717, 1.165) is 16.3 Å². The lowest BCUT2D eigenvalue weighted by Crippen LogP contribution is -1.98. The van der Waals surface area contributed by atoms with Crippen LogP contribution in [-0.2, 0) is 6.61 Å². The predicted molar refractivity (Wildman–Crippen MR) is 131 cm³/mol. The van der Waals surface area contributed by atoms with E-state index in [0.29, 0.717) is 26.9 Å². The molecule has 4 aromatic rings. The topological polar surface area (TPSA) is 76.2 Å². The number of hydrogen-bond acceptors (Lipinski definition) is 4. The van der Waals surface area contributed by atoms with Gasteiger partial charge in [0.15, 0.2) is 5.75 Å². The summed E-state index contributed by atoms with van der Waals surface area (Å²) in [6, 6.07) is 25.2. The molecule has 5 nitrogen and oxygen atoms in total. The van der Waals surface area contributed by atoms with Crippen LogP contribution in [0.2, 0.25) is 10.0 Å². The predicted octanol–water partition coefficient (Wildman–Crippen LogP) is 7.70. The number of nitro groups is 1. The molecule has 0 aliphatic carbocycles. The third-order valence-electron chi connectivity index (χ3n) is 5.07. The zero-order chi connectivity index (χ0) is 23.4. The molecule has 33 heavy (non-hydrogen) atoms. The molecule has 0 atom stereocenters. The summed E-state index contributed by atoms with van der Waals surface area (Å²) >= 11 is 12.9. The van der Waals surface area contributed by atoms with E-state index in [1.54, 1.807) is 24.3 Å². The molecular formula is C26H16Cl2N2O3. The molecule has 7 heteroatoms. The Balaban J connectivity index is 1.61. The highest BCUT2D eigenvalue weighted by Crippen LogP contribution is 2.36. The number of halogens is 2. The molecule has 0 aliphatic rings. The van der Waals surface area contributed by atoms with Crippen LogP contribution >= 0.6 is 23.2 Å². The molecule has 0 saturated heterocycles. The van der Waals surface area contributed by atoms with Gasteiger partial charge in [0, 0.05) is 12.1 Å². The maximum Gasteiger partial charge on any atom is 0.270 e. The minimum atomic E-state index is -0.506. The van der Waals surface area contributed by atoms with Gasteiger partial charge < -0.3 is 4.74 Å². The monoisotopic (exact) mass is 474 g/mol. The molecular weight excluding hydrogens is 459 g/mol. The van der Waals surface area contributed by atoms with Crippen molar-refractivity contribution in [1.29, 1.82) is 5.26 Å². The standard InChI is InChI=1S/C26H16Cl2N2O3/c27-24-12-17(11-21(15-29)19-7-4-9-22(14-19)30(31)32)13-25(28)26(24)33-16-20-8-3-6-18-5-1-2-10-23(18)20/h1-14H,16H2. The summed E-state index contributed by atoms with van der Waals surface area (Å²) in [5.74, 6) is 0.345. The number of fused-ring (bicyclic) bond motifs is 1. The first-order chi connectivity index (χ1) is 16.0. The third kappa shape index (κ3) is 4.98. The Hall–Kier alpha value is -3.85. The number of nitro benzene ring substituents is 1. The second kappa shape index (κ2) is 9.74. The summed E-state index contributed by atoms with van der Waals surface area (Å²) < 4.78 is 5.95. The van der Waals surface area contributed by atoms with Crippen LogP contribution < -0.4 is 4.74 Å². The number of ether oxygens (including phenoxy) is 1. The Labute approximate surface area is 200 Å². The van der Waals surface area contributed by atoms with Gasteiger partial charge in [-0.1, -0.05) is 77.8 Å². The molecule has 0 saturated carbocycles. The molecule has 0 N–H and O–H groups in total. The van der Waals surface area contributed by atoms with Crippen LogP contribution in [-0.4, -0.2) is 4.92 Å². The summed E-state index contributed by atoms with van der Waals surface area (Å²) in [6.45, 7) is 0.285. The van der Waals surface area contributed by atoms with E-state index in [1.165, 1.54) is 18.2 Å². The first kappa shape index (κ1) is 22.3. The molecule has 0 aromatic heterocycles. The Morgan fingerprint density at radius 2 is 1.70 bits per heavy atom. The third-order valence-corrected chi connectivity index (χ3v) is 5.63. The summed E-state index contributed by atoms with van der Waals surface area (Å²) in [7, 11) is 0. The van der Waals surface area contributed by atoms with Crippen molar-refractivity contribution in [1.82, 2.24) is 0 Å². The lowest BCUT2D eigenvalue weighted by molar-refractivity contribution is -0.384. The number of benzene rings is 4. The van der Waals surface area contributed by atoms with Crippen molar-refractivity contribution in [3.63, 3.8) is 0 Å². The smallest absolute Gasteiger partial charge is 0.270 e. The van der Waals surface area contributed by atoms with E-state index in [1.807, 2.05) is 42.5 Å². The quantitative estimate of drug-likeness (QED) is 0.124. The van der Waals surface area contributed by atoms with Crippen LogP contribution in [0.5, 0.6) is 5.75 Å². The fraction of sp³-hybridized carbons (Fsp3) is 0.0385. The number of allylic oxidation sites excluding steroid dienone is 1. The average molecular weight is 475 g/mol. The lowest BCUT2D eigenvalue weighted by Gasteiger charge is -2.13. The Morgan fingerprint density at radius 1 is 1.00 bits per heavy atom. The Bertz CT molecular complexity index is 1410. The van der Waals surface area contributed by atoms with Crippen LogP contribution in [0.25, 0.3) is 22.4 Å². The zero-order valence-electron chi connectivity index (χ0n) is 17.2. The molecule has 0 spiro atoms. The summed E-state index contributed by atoms with van der Waals surface area (Å²) in [5, 5.41) is 23.4. The molecule has 0 heterocycles. The van der Waals surface area contributed by atoms with E-state index in [9.17, 15) is 15.4 Å². The molecule has 0 unspecified atom stereocenters. The van der Waals surface area contributed by atoms with Gasteiger partial charge in [0.05, 0.1) is 26.6 Å². The fourth-order valence-electron chi connectivity index (χ4n) is 3.50. The van der Waals surface area contributed by atoms with Crippen molar-refractivity contribution < 1.29 is 9.66 Å². The molecule has 0 bridgehead atoms. The minimum Gasteiger partial charge on any atom is -0.486 e. The van der Waals surface area contributed by atoms with Crippen LogP contribution in [0, 0.1) is 21.4 Å². The summed E-state index contributed by atoms with van der Waals surface area (Å²) in [4.78, 5) is 10.5. The minimum absolute atomic E-state index is 0.0955. The van der Waals surface area contributed by atoms with Gasteiger partial charge in [-0.3, -0.25) is 10.1 Å². The maximum absolute atomic E-state index is 11.0. The maximum atomic E-state index is 11.0. The highest BCUT2D eigenvalue weighted by atomic mass is 35.5. The van der Waals surface area contributed by atoms with Crippen molar-refractivity contribution in [3.8, 4) is 11.8 Å². The zero-order valence-corrected chi connectivity index (χ0v) is 18.7. The van der Waals surface area contributed by atoms with Crippen LogP contribution in [0.4, 0.5) is 5.69 Å². The number of nitriles is 1. The Kier molecular flexibility index (Phi) is 6.60. The Morgan fingerprint density at radius 3 is 2.42 bits per heavy atom. The largest absolute Gasteiger partial charge is 0.486 e. The number of nitrogens with zero attached hydrogens (tertiary/aromatic N) is 2. The molecule has 4 rings (SSSR count). The van der Waals surface area contributed by atoms with E-state index in [2.05, 4.69) is 6.07 Å². The van der Waals surface area contributed by atoms with E-state index < -0.39 is 4.92 Å². The van der Waals surface area contributed by atoms with Crippen LogP contribution in [0.3, 0.4) is 0 Å². The SMILES string of the molecule is N#CC(=Cc1cc(Cl)c(OCc2cccc3ccccc23)c(Cl)c1)c1cccc([N+](=O)[O-])c1. The highest BCUT2D eigenvalue weighted by Gasteiger charge is 2.13. The van der Waals surface area contributed by atoms with E-state index in [-0.39, 0.29) is 17.9 Å². The second-order valence-corrected chi connectivity index (χ2v) is 8.03. The molecule has 0 radical (unpaired) electrons. The normalized spacial score (nSPS) is 11.2. The van der Waals surface area contributed by atoms with Gasteiger partial charge in [0.2, 0.25) is 0 Å². The van der Waals surface area contributed by atoms with Crippen molar-refractivity contribution in [3.05, 3.63) is 116 Å². The van der Waals surface area contributed by atoms with Gasteiger partial charge in [-0.15, -0.1) is 0 Å². The number of non-ortho nitro benzene ring substituents is 1. The van der Waals surface area contributed by atoms with E-state index >= 15 is 0 Å². The van der Waals surface area contributed by atoms with Crippen molar-refractivity contribution in [2.45, 2.75) is 6.61 Å². The van der Waals surface area contributed by atoms with Crippen molar-refractivity contribution >= 4 is 51.3 Å². The fourth-order valence-corrected chi connectivity index (χ4v) is 4.12. The number of rotatable bonds is 6. The average Bonchev–Trinajstić information content (AvgIpc) is 2.82. The highest BCUT2D eigenvalue weighted by molar-refractivity contribution is 6.37. The number of hydrogen-bond donors (Lipinski definition) is 0. The summed E-state index contributed by atoms with van der Waals surface area (Å²) in [5.41, 5.74) is 2.15. The lowest BCUT2D eigenvalue weighted by atomic mass is 10.0. The van der Waals surface area contributed by atoms with Gasteiger partial charge >= 0.3 is 0 Å². The van der Waals surface area contributed by atoms with Crippen molar-refractivity contribution in [2.75, 3.05) is 0 Å². The van der Waals surface area contributed by atoms with Crippen LogP contribution in [0.1, 0.15) is 16.7 Å². The van der Waals surface area contributed by atoms with Crippen LogP contribution in [0.15, 0.2) is 78.9 Å². The van der Waals surface area contributed by atoms with Crippen molar-refractivity contribution in [2.24, 2.45) is 0 Å². The van der Waals surface area contributed by atoms with Gasteiger partial charge in [-0.25, -0.2) is 0 Å².